The van der Waals surface area contributed by atoms with Crippen molar-refractivity contribution in [3.63, 3.8) is 0 Å². The van der Waals surface area contributed by atoms with Gasteiger partial charge in [0.15, 0.2) is 5.65 Å². The predicted octanol–water partition coefficient (Wildman–Crippen LogP) is 7.21. The lowest BCUT2D eigenvalue weighted by molar-refractivity contribution is -0.141. The predicted molar refractivity (Wildman–Crippen MR) is 139 cm³/mol. The molecule has 2 aromatic carbocycles. The second-order valence-corrected chi connectivity index (χ2v) is 9.31. The Morgan fingerprint density at radius 3 is 2.34 bits per heavy atom. The number of fused-ring (bicyclic) bond motifs is 1. The van der Waals surface area contributed by atoms with Crippen LogP contribution in [0.25, 0.3) is 39.3 Å². The van der Waals surface area contributed by atoms with Crippen molar-refractivity contribution in [2.45, 2.75) is 19.2 Å². The van der Waals surface area contributed by atoms with E-state index in [1.807, 2.05) is 24.3 Å². The van der Waals surface area contributed by atoms with E-state index in [0.717, 1.165) is 17.8 Å². The van der Waals surface area contributed by atoms with Crippen molar-refractivity contribution < 1.29 is 23.0 Å². The summed E-state index contributed by atoms with van der Waals surface area (Å²) in [6.45, 7) is 1.40. The second-order valence-electron chi connectivity index (χ2n) is 8.47. The Balaban J connectivity index is 1.83. The molecule has 3 heterocycles. The number of benzene rings is 2. The molecule has 3 aromatic heterocycles. The summed E-state index contributed by atoms with van der Waals surface area (Å²) in [4.78, 5) is 8.28. The van der Waals surface area contributed by atoms with Crippen LogP contribution in [0, 0.1) is 0 Å². The number of alkyl halides is 3. The van der Waals surface area contributed by atoms with Crippen molar-refractivity contribution in [3.8, 4) is 39.5 Å². The number of hydrogen-bond acceptors (Lipinski definition) is 5. The number of aliphatic hydroxyl groups is 1. The van der Waals surface area contributed by atoms with Crippen LogP contribution < -0.4 is 4.74 Å². The van der Waals surface area contributed by atoms with Gasteiger partial charge in [-0.1, -0.05) is 53.5 Å². The first-order chi connectivity index (χ1) is 18.2. The van der Waals surface area contributed by atoms with Crippen molar-refractivity contribution in [3.05, 3.63) is 88.7 Å². The van der Waals surface area contributed by atoms with Gasteiger partial charge >= 0.3 is 6.18 Å². The van der Waals surface area contributed by atoms with Gasteiger partial charge < -0.3 is 9.84 Å². The highest BCUT2D eigenvalue weighted by molar-refractivity contribution is 6.33. The van der Waals surface area contributed by atoms with Crippen LogP contribution in [0.4, 0.5) is 13.2 Å². The Hall–Kier alpha value is -3.66. The van der Waals surface area contributed by atoms with Gasteiger partial charge in [0, 0.05) is 28.4 Å². The van der Waals surface area contributed by atoms with Crippen LogP contribution in [0.5, 0.6) is 5.88 Å². The van der Waals surface area contributed by atoms with E-state index in [2.05, 4.69) is 9.97 Å². The molecule has 0 saturated heterocycles. The number of rotatable bonds is 6. The topological polar surface area (TPSA) is 72.5 Å². The molecular weight excluding hydrogens is 540 g/mol. The molecule has 1 unspecified atom stereocenters. The number of aromatic nitrogens is 4. The molecule has 0 aliphatic rings. The van der Waals surface area contributed by atoms with E-state index >= 15 is 0 Å². The van der Waals surface area contributed by atoms with Gasteiger partial charge in [0.25, 0.3) is 0 Å². The highest BCUT2D eigenvalue weighted by atomic mass is 35.5. The Morgan fingerprint density at radius 2 is 1.71 bits per heavy atom. The first-order valence-electron chi connectivity index (χ1n) is 11.4. The average Bonchev–Trinajstić information content (AvgIpc) is 3.27. The van der Waals surface area contributed by atoms with Crippen LogP contribution in [-0.4, -0.2) is 37.4 Å². The molecule has 0 bridgehead atoms. The quantitative estimate of drug-likeness (QED) is 0.238. The fourth-order valence-electron chi connectivity index (χ4n) is 3.94. The minimum absolute atomic E-state index is 0.148. The maximum atomic E-state index is 13.2. The van der Waals surface area contributed by atoms with E-state index in [0.29, 0.717) is 43.8 Å². The van der Waals surface area contributed by atoms with Crippen LogP contribution in [0.2, 0.25) is 10.0 Å². The zero-order valence-corrected chi connectivity index (χ0v) is 21.3. The first-order valence-corrected chi connectivity index (χ1v) is 12.2. The molecular formula is C27H19Cl2F3N4O2. The minimum Gasteiger partial charge on any atom is -0.472 e. The molecule has 5 aromatic rings. The Kier molecular flexibility index (Phi) is 7.00. The van der Waals surface area contributed by atoms with Crippen molar-refractivity contribution in [1.82, 2.24) is 19.6 Å². The van der Waals surface area contributed by atoms with Crippen LogP contribution in [0.15, 0.2) is 72.9 Å². The summed E-state index contributed by atoms with van der Waals surface area (Å²) in [5, 5.41) is 15.3. The van der Waals surface area contributed by atoms with E-state index in [4.69, 9.17) is 33.0 Å². The molecule has 0 fully saturated rings. The molecule has 0 amide bonds. The highest BCUT2D eigenvalue weighted by Gasteiger charge is 2.32. The van der Waals surface area contributed by atoms with E-state index < -0.39 is 18.0 Å². The summed E-state index contributed by atoms with van der Waals surface area (Å²) in [6.07, 6.45) is -4.05. The zero-order chi connectivity index (χ0) is 27.0. The van der Waals surface area contributed by atoms with Crippen LogP contribution in [0.1, 0.15) is 12.6 Å². The summed E-state index contributed by atoms with van der Waals surface area (Å²) in [5.41, 5.74) is 2.54. The molecule has 0 radical (unpaired) electrons. The normalized spacial score (nSPS) is 12.6. The van der Waals surface area contributed by atoms with Gasteiger partial charge in [0.1, 0.15) is 17.5 Å². The number of aliphatic hydroxyl groups excluding tert-OH is 1. The van der Waals surface area contributed by atoms with Gasteiger partial charge in [-0.25, -0.2) is 4.52 Å². The van der Waals surface area contributed by atoms with Gasteiger partial charge in [-0.05, 0) is 42.8 Å². The van der Waals surface area contributed by atoms with Crippen LogP contribution in [0.3, 0.4) is 0 Å². The van der Waals surface area contributed by atoms with Crippen molar-refractivity contribution >= 4 is 28.8 Å². The Morgan fingerprint density at radius 1 is 1.00 bits per heavy atom. The highest BCUT2D eigenvalue weighted by Crippen LogP contribution is 2.40. The van der Waals surface area contributed by atoms with E-state index in [1.165, 1.54) is 10.6 Å². The molecule has 0 spiro atoms. The molecule has 38 heavy (non-hydrogen) atoms. The largest absolute Gasteiger partial charge is 0.472 e. The molecule has 11 heteroatoms. The standard InChI is InChI=1S/C27H19Cl2F3N4O2/c1-15(14-37)38-23-12-21(17-8-11-22(33-13-17)27(30,31)32)36-26(34-23)24(16-6-9-18(28)10-7-16)25(35-36)19-4-2-3-5-20(19)29/h2-13,15,37H,14H2,1H3. The van der Waals surface area contributed by atoms with E-state index in [1.54, 1.807) is 37.3 Å². The lowest BCUT2D eigenvalue weighted by Crippen LogP contribution is -2.17. The number of halogens is 5. The van der Waals surface area contributed by atoms with Crippen LogP contribution in [-0.2, 0) is 6.18 Å². The van der Waals surface area contributed by atoms with Crippen molar-refractivity contribution in [2.24, 2.45) is 0 Å². The monoisotopic (exact) mass is 558 g/mol. The molecule has 1 atom stereocenters. The fraction of sp³-hybridized carbons (Fsp3) is 0.148. The van der Waals surface area contributed by atoms with Gasteiger partial charge in [-0.3, -0.25) is 4.98 Å². The minimum atomic E-state index is -4.58. The Bertz CT molecular complexity index is 1600. The molecule has 1 N–H and O–H groups in total. The smallest absolute Gasteiger partial charge is 0.433 e. The van der Waals surface area contributed by atoms with Crippen molar-refractivity contribution in [2.75, 3.05) is 6.61 Å². The molecule has 0 saturated carbocycles. The zero-order valence-electron chi connectivity index (χ0n) is 19.7. The van der Waals surface area contributed by atoms with Crippen LogP contribution >= 0.6 is 23.2 Å². The van der Waals surface area contributed by atoms with Crippen molar-refractivity contribution in [1.29, 1.82) is 0 Å². The number of hydrogen-bond donors (Lipinski definition) is 1. The molecule has 194 valence electrons. The van der Waals surface area contributed by atoms with Gasteiger partial charge in [0.2, 0.25) is 5.88 Å². The van der Waals surface area contributed by atoms with E-state index in [9.17, 15) is 18.3 Å². The third-order valence-corrected chi connectivity index (χ3v) is 6.34. The summed E-state index contributed by atoms with van der Waals surface area (Å²) in [5.74, 6) is 0.148. The summed E-state index contributed by atoms with van der Waals surface area (Å²) in [6, 6.07) is 18.0. The third kappa shape index (κ3) is 5.05. The lowest BCUT2D eigenvalue weighted by atomic mass is 10.0. The number of pyridine rings is 1. The molecule has 0 aliphatic carbocycles. The van der Waals surface area contributed by atoms with E-state index in [-0.39, 0.29) is 12.5 Å². The first kappa shape index (κ1) is 26.0. The SMILES string of the molecule is CC(CO)Oc1cc(-c2ccc(C(F)(F)F)nc2)n2nc(-c3ccccc3Cl)c(-c3ccc(Cl)cc3)c2n1. The number of ether oxygens (including phenoxy) is 1. The maximum absolute atomic E-state index is 13.2. The van der Waals surface area contributed by atoms with Gasteiger partial charge in [0.05, 0.1) is 22.9 Å². The third-order valence-electron chi connectivity index (χ3n) is 5.76. The lowest BCUT2D eigenvalue weighted by Gasteiger charge is -2.14. The Labute approximate surface area is 225 Å². The molecule has 5 rings (SSSR count). The summed E-state index contributed by atoms with van der Waals surface area (Å²) < 4.78 is 46.8. The molecule has 6 nitrogen and oxygen atoms in total. The summed E-state index contributed by atoms with van der Waals surface area (Å²) >= 11 is 12.7. The summed E-state index contributed by atoms with van der Waals surface area (Å²) in [7, 11) is 0. The fourth-order valence-corrected chi connectivity index (χ4v) is 4.29. The second kappa shape index (κ2) is 10.2. The molecule has 0 aliphatic heterocycles. The number of nitrogens with zero attached hydrogens (tertiary/aromatic N) is 4. The van der Waals surface area contributed by atoms with Gasteiger partial charge in [-0.15, -0.1) is 0 Å². The average molecular weight is 559 g/mol. The maximum Gasteiger partial charge on any atom is 0.433 e. The van der Waals surface area contributed by atoms with Gasteiger partial charge in [-0.2, -0.15) is 23.3 Å².